The number of amides is 1. The third-order valence-electron chi connectivity index (χ3n) is 7.48. The topological polar surface area (TPSA) is 97.6 Å². The zero-order valence-corrected chi connectivity index (χ0v) is 23.1. The van der Waals surface area contributed by atoms with Gasteiger partial charge in [0, 0.05) is 25.6 Å². The van der Waals surface area contributed by atoms with Gasteiger partial charge >= 0.3 is 12.1 Å². The van der Waals surface area contributed by atoms with Crippen LogP contribution in [0.2, 0.25) is 0 Å². The van der Waals surface area contributed by atoms with Gasteiger partial charge in [-0.05, 0) is 60.6 Å². The number of rotatable bonds is 7. The van der Waals surface area contributed by atoms with E-state index in [2.05, 4.69) is 22.2 Å². The average molecular weight is 579 g/mol. The van der Waals surface area contributed by atoms with Crippen LogP contribution in [0.15, 0.2) is 66.9 Å². The number of alkyl halides is 3. The number of hydrogen-bond donors (Lipinski definition) is 1. The molecule has 0 unspecified atom stereocenters. The SMILES string of the molecule is CC(=O)N1CCC(c2ccc(COc3c(C)cccc3-c3cccc(-n4ncc(C(=O)O)c4C(F)(F)F)n3)cc2)CC1. The van der Waals surface area contributed by atoms with Gasteiger partial charge < -0.3 is 14.7 Å². The quantitative estimate of drug-likeness (QED) is 0.278. The second kappa shape index (κ2) is 11.7. The zero-order chi connectivity index (χ0) is 30.0. The van der Waals surface area contributed by atoms with Gasteiger partial charge in [-0.1, -0.05) is 42.5 Å². The summed E-state index contributed by atoms with van der Waals surface area (Å²) in [6.07, 6.45) is -2.44. The molecule has 0 radical (unpaired) electrons. The number of carbonyl (C=O) groups is 2. The number of hydrogen-bond acceptors (Lipinski definition) is 5. The fourth-order valence-electron chi connectivity index (χ4n) is 5.26. The monoisotopic (exact) mass is 578 g/mol. The highest BCUT2D eigenvalue weighted by molar-refractivity contribution is 5.89. The normalized spacial score (nSPS) is 14.2. The number of benzene rings is 2. The Labute approximate surface area is 240 Å². The summed E-state index contributed by atoms with van der Waals surface area (Å²) in [4.78, 5) is 29.3. The van der Waals surface area contributed by atoms with Gasteiger partial charge in [0.05, 0.1) is 11.9 Å². The van der Waals surface area contributed by atoms with E-state index >= 15 is 0 Å². The maximum atomic E-state index is 13.8. The summed E-state index contributed by atoms with van der Waals surface area (Å²) in [5.41, 5.74) is 1.54. The minimum atomic E-state index is -4.96. The van der Waals surface area contributed by atoms with Crippen molar-refractivity contribution in [1.29, 1.82) is 0 Å². The van der Waals surface area contributed by atoms with Gasteiger partial charge in [-0.2, -0.15) is 18.3 Å². The Hall–Kier alpha value is -4.67. The number of pyridine rings is 1. The van der Waals surface area contributed by atoms with E-state index in [0.29, 0.717) is 33.8 Å². The van der Waals surface area contributed by atoms with E-state index in [1.807, 2.05) is 30.0 Å². The molecule has 1 fully saturated rings. The standard InChI is InChI=1S/C31H29F3N4O4/c1-19-5-3-6-24(26-7-4-8-27(36-26)38-29(31(32,33)34)25(17-35-38)30(40)41)28(19)42-18-21-9-11-22(12-10-21)23-13-15-37(16-14-23)20(2)39/h3-12,17,23H,13-16,18H2,1-2H3,(H,40,41). The van der Waals surface area contributed by atoms with Crippen LogP contribution in [-0.2, 0) is 17.6 Å². The van der Waals surface area contributed by atoms with Gasteiger partial charge in [0.15, 0.2) is 11.5 Å². The number of aromatic carboxylic acids is 1. The van der Waals surface area contributed by atoms with Crippen molar-refractivity contribution in [3.63, 3.8) is 0 Å². The lowest BCUT2D eigenvalue weighted by atomic mass is 9.89. The van der Waals surface area contributed by atoms with E-state index in [9.17, 15) is 27.9 Å². The molecule has 1 saturated heterocycles. The summed E-state index contributed by atoms with van der Waals surface area (Å²) < 4.78 is 48.1. The molecular formula is C31H29F3N4O4. The third-order valence-corrected chi connectivity index (χ3v) is 7.48. The van der Waals surface area contributed by atoms with Crippen LogP contribution in [0.4, 0.5) is 13.2 Å². The first-order valence-electron chi connectivity index (χ1n) is 13.5. The van der Waals surface area contributed by atoms with Crippen molar-refractivity contribution in [2.24, 2.45) is 0 Å². The molecule has 0 spiro atoms. The molecular weight excluding hydrogens is 549 g/mol. The summed E-state index contributed by atoms with van der Waals surface area (Å²) in [7, 11) is 0. The lowest BCUT2D eigenvalue weighted by Gasteiger charge is -2.31. The second-order valence-corrected chi connectivity index (χ2v) is 10.3. The number of aryl methyl sites for hydroxylation is 1. The predicted molar refractivity (Wildman–Crippen MR) is 148 cm³/mol. The lowest BCUT2D eigenvalue weighted by Crippen LogP contribution is -2.36. The minimum Gasteiger partial charge on any atom is -0.488 e. The number of carbonyl (C=O) groups excluding carboxylic acids is 1. The van der Waals surface area contributed by atoms with Crippen molar-refractivity contribution >= 4 is 11.9 Å². The van der Waals surface area contributed by atoms with Crippen molar-refractivity contribution < 1.29 is 32.6 Å². The summed E-state index contributed by atoms with van der Waals surface area (Å²) in [6, 6.07) is 18.1. The van der Waals surface area contributed by atoms with E-state index in [0.717, 1.165) is 37.1 Å². The smallest absolute Gasteiger partial charge is 0.434 e. The number of halogens is 3. The Balaban J connectivity index is 1.36. The average Bonchev–Trinajstić information content (AvgIpc) is 3.44. The molecule has 11 heteroatoms. The molecule has 5 rings (SSSR count). The lowest BCUT2D eigenvalue weighted by molar-refractivity contribution is -0.143. The maximum Gasteiger partial charge on any atom is 0.434 e. The van der Waals surface area contributed by atoms with Crippen LogP contribution in [0, 0.1) is 6.92 Å². The number of nitrogens with zero attached hydrogens (tertiary/aromatic N) is 4. The minimum absolute atomic E-state index is 0.109. The van der Waals surface area contributed by atoms with Crippen LogP contribution >= 0.6 is 0 Å². The molecule has 1 aliphatic heterocycles. The van der Waals surface area contributed by atoms with Crippen molar-refractivity contribution in [3.05, 3.63) is 94.8 Å². The predicted octanol–water partition coefficient (Wildman–Crippen LogP) is 6.26. The number of carboxylic acids is 1. The molecule has 8 nitrogen and oxygen atoms in total. The zero-order valence-electron chi connectivity index (χ0n) is 23.1. The van der Waals surface area contributed by atoms with Crippen molar-refractivity contribution in [3.8, 4) is 22.8 Å². The first-order chi connectivity index (χ1) is 20.0. The number of ether oxygens (including phenoxy) is 1. The second-order valence-electron chi connectivity index (χ2n) is 10.3. The van der Waals surface area contributed by atoms with Crippen LogP contribution in [0.5, 0.6) is 5.75 Å². The highest BCUT2D eigenvalue weighted by atomic mass is 19.4. The molecule has 2 aromatic carbocycles. The molecule has 0 saturated carbocycles. The largest absolute Gasteiger partial charge is 0.488 e. The fraction of sp³-hybridized carbons (Fsp3) is 0.290. The van der Waals surface area contributed by atoms with Crippen LogP contribution in [0.1, 0.15) is 58.4 Å². The molecule has 4 aromatic rings. The van der Waals surface area contributed by atoms with Crippen molar-refractivity contribution in [1.82, 2.24) is 19.7 Å². The van der Waals surface area contributed by atoms with Crippen molar-refractivity contribution in [2.75, 3.05) is 13.1 Å². The molecule has 218 valence electrons. The van der Waals surface area contributed by atoms with Gasteiger partial charge in [0.25, 0.3) is 0 Å². The van der Waals surface area contributed by atoms with Crippen LogP contribution in [0.25, 0.3) is 17.1 Å². The van der Waals surface area contributed by atoms with Crippen LogP contribution < -0.4 is 4.74 Å². The van der Waals surface area contributed by atoms with Gasteiger partial charge in [-0.15, -0.1) is 0 Å². The van der Waals surface area contributed by atoms with Crippen LogP contribution in [0.3, 0.4) is 0 Å². The Kier molecular flexibility index (Phi) is 8.02. The maximum absolute atomic E-state index is 13.8. The highest BCUT2D eigenvalue weighted by Gasteiger charge is 2.41. The van der Waals surface area contributed by atoms with E-state index in [1.165, 1.54) is 17.7 Å². The summed E-state index contributed by atoms with van der Waals surface area (Å²) in [5, 5.41) is 12.9. The number of carboxylic acid groups (broad SMARTS) is 1. The Morgan fingerprint density at radius 2 is 1.71 bits per heavy atom. The van der Waals surface area contributed by atoms with Gasteiger partial charge in [0.2, 0.25) is 5.91 Å². The molecule has 1 amide bonds. The molecule has 0 aliphatic carbocycles. The molecule has 1 aliphatic rings. The molecule has 0 bridgehead atoms. The van der Waals surface area contributed by atoms with E-state index in [1.54, 1.807) is 25.1 Å². The Morgan fingerprint density at radius 3 is 2.36 bits per heavy atom. The Bertz CT molecular complexity index is 1610. The molecule has 1 N–H and O–H groups in total. The van der Waals surface area contributed by atoms with E-state index < -0.39 is 23.4 Å². The van der Waals surface area contributed by atoms with Gasteiger partial charge in [0.1, 0.15) is 17.9 Å². The number of aromatic nitrogens is 3. The molecule has 3 heterocycles. The van der Waals surface area contributed by atoms with Crippen LogP contribution in [-0.4, -0.2) is 49.7 Å². The van der Waals surface area contributed by atoms with E-state index in [-0.39, 0.29) is 18.3 Å². The highest BCUT2D eigenvalue weighted by Crippen LogP contribution is 2.36. The first-order valence-corrected chi connectivity index (χ1v) is 13.5. The molecule has 2 aromatic heterocycles. The number of piperidine rings is 1. The summed E-state index contributed by atoms with van der Waals surface area (Å²) >= 11 is 0. The first kappa shape index (κ1) is 28.8. The van der Waals surface area contributed by atoms with E-state index in [4.69, 9.17) is 4.74 Å². The van der Waals surface area contributed by atoms with Crippen molar-refractivity contribution in [2.45, 2.75) is 45.4 Å². The van der Waals surface area contributed by atoms with Gasteiger partial charge in [-0.3, -0.25) is 4.79 Å². The molecule has 0 atom stereocenters. The molecule has 42 heavy (non-hydrogen) atoms. The number of para-hydroxylation sites is 1. The Morgan fingerprint density at radius 1 is 1.02 bits per heavy atom. The third kappa shape index (κ3) is 6.00. The summed E-state index contributed by atoms with van der Waals surface area (Å²) in [6.45, 7) is 5.25. The van der Waals surface area contributed by atoms with Gasteiger partial charge in [-0.25, -0.2) is 14.5 Å². The fourth-order valence-corrected chi connectivity index (χ4v) is 5.26. The number of likely N-dealkylation sites (tertiary alicyclic amines) is 1. The summed E-state index contributed by atoms with van der Waals surface area (Å²) in [5.74, 6) is -0.866.